The van der Waals surface area contributed by atoms with E-state index in [1.165, 1.54) is 12.1 Å². The van der Waals surface area contributed by atoms with Gasteiger partial charge in [0.15, 0.2) is 0 Å². The summed E-state index contributed by atoms with van der Waals surface area (Å²) in [6, 6.07) is 4.35. The highest BCUT2D eigenvalue weighted by atomic mass is 35.5. The van der Waals surface area contributed by atoms with Crippen LogP contribution in [0, 0.1) is 5.82 Å². The fourth-order valence-corrected chi connectivity index (χ4v) is 5.26. The van der Waals surface area contributed by atoms with E-state index in [-0.39, 0.29) is 17.4 Å². The van der Waals surface area contributed by atoms with Gasteiger partial charge >= 0.3 is 5.97 Å². The minimum absolute atomic E-state index is 0.104. The summed E-state index contributed by atoms with van der Waals surface area (Å²) in [5.41, 5.74) is 5.17. The number of rotatable bonds is 11. The molecule has 1 aromatic heterocycles. The van der Waals surface area contributed by atoms with Crippen LogP contribution in [0.4, 0.5) is 4.39 Å². The molecule has 0 unspecified atom stereocenters. The Balaban J connectivity index is 1.87. The molecule has 6 nitrogen and oxygen atoms in total. The summed E-state index contributed by atoms with van der Waals surface area (Å²) >= 11 is 6.58. The molecule has 3 N–H and O–H groups in total. The molecular weight excluding hydrogens is 485 g/mol. The van der Waals surface area contributed by atoms with Crippen LogP contribution in [0.5, 0.6) is 0 Å². The molecule has 2 aromatic rings. The van der Waals surface area contributed by atoms with E-state index in [1.807, 2.05) is 0 Å². The number of aliphatic hydroxyl groups excluding tert-OH is 2. The Morgan fingerprint density at radius 1 is 1.19 bits per heavy atom. The van der Waals surface area contributed by atoms with Crippen molar-refractivity contribution in [3.63, 3.8) is 0 Å². The number of aliphatic carboxylic acids is 1. The van der Waals surface area contributed by atoms with Gasteiger partial charge in [0.25, 0.3) is 0 Å². The lowest BCUT2D eigenvalue weighted by Gasteiger charge is -2.33. The normalized spacial score (nSPS) is 18.1. The topological polar surface area (TPSA) is 99.9 Å². The number of pyridine rings is 1. The molecule has 0 saturated heterocycles. The number of halogens is 2. The molecule has 0 spiro atoms. The molecule has 2 fully saturated rings. The van der Waals surface area contributed by atoms with Gasteiger partial charge in [0, 0.05) is 47.8 Å². The Bertz CT molecular complexity index is 1130. The number of carbonyl (C=O) groups is 1. The maximum Gasteiger partial charge on any atom is 0.305 e. The molecular formula is C28H33ClFNO5. The van der Waals surface area contributed by atoms with E-state index in [0.29, 0.717) is 18.1 Å². The molecule has 4 rings (SSSR count). The molecule has 2 aliphatic carbocycles. The molecule has 36 heavy (non-hydrogen) atoms. The predicted octanol–water partition coefficient (Wildman–Crippen LogP) is 5.82. The van der Waals surface area contributed by atoms with Crippen LogP contribution in [-0.2, 0) is 16.1 Å². The van der Waals surface area contributed by atoms with Crippen LogP contribution in [0.1, 0.15) is 85.7 Å². The molecule has 0 bridgehead atoms. The van der Waals surface area contributed by atoms with E-state index in [0.717, 1.165) is 66.6 Å². The number of hydrogen-bond acceptors (Lipinski definition) is 5. The lowest BCUT2D eigenvalue weighted by molar-refractivity contribution is -0.139. The molecule has 2 aliphatic rings. The van der Waals surface area contributed by atoms with E-state index in [4.69, 9.17) is 26.4 Å². The van der Waals surface area contributed by atoms with Crippen molar-refractivity contribution in [2.24, 2.45) is 0 Å². The molecule has 0 radical (unpaired) electrons. The van der Waals surface area contributed by atoms with Crippen molar-refractivity contribution in [3.05, 3.63) is 57.6 Å². The summed E-state index contributed by atoms with van der Waals surface area (Å²) in [7, 11) is 1.63. The fourth-order valence-electron chi connectivity index (χ4n) is 5.00. The van der Waals surface area contributed by atoms with Crippen molar-refractivity contribution in [2.45, 2.75) is 82.0 Å². The van der Waals surface area contributed by atoms with Gasteiger partial charge in [-0.1, -0.05) is 36.6 Å². The zero-order valence-electron chi connectivity index (χ0n) is 20.4. The smallest absolute Gasteiger partial charge is 0.305 e. The Hall–Kier alpha value is -2.32. The van der Waals surface area contributed by atoms with Crippen LogP contribution in [0.25, 0.3) is 17.2 Å². The SMILES string of the molecule is COCc1c(C2CCC2)nc(C2CCC2)c(/C=C/[C@@H](O)C[C@@H](O)CC(=O)O)c1-c1ccc(F)cc1Cl. The molecule has 1 aromatic carbocycles. The number of aromatic nitrogens is 1. The van der Waals surface area contributed by atoms with Crippen LogP contribution >= 0.6 is 11.6 Å². The summed E-state index contributed by atoms with van der Waals surface area (Å²) in [5, 5.41) is 29.7. The zero-order chi connectivity index (χ0) is 25.8. The molecule has 8 heteroatoms. The fraction of sp³-hybridized carbons (Fsp3) is 0.500. The van der Waals surface area contributed by atoms with Crippen LogP contribution in [-0.4, -0.2) is 45.6 Å². The Kier molecular flexibility index (Phi) is 8.78. The lowest BCUT2D eigenvalue weighted by Crippen LogP contribution is -2.21. The summed E-state index contributed by atoms with van der Waals surface area (Å²) in [6.07, 6.45) is 6.99. The number of carboxylic acid groups (broad SMARTS) is 1. The van der Waals surface area contributed by atoms with Crippen LogP contribution in [0.3, 0.4) is 0 Å². The van der Waals surface area contributed by atoms with Crippen LogP contribution in [0.15, 0.2) is 24.3 Å². The van der Waals surface area contributed by atoms with Gasteiger partial charge in [-0.15, -0.1) is 0 Å². The van der Waals surface area contributed by atoms with E-state index >= 15 is 0 Å². The highest BCUT2D eigenvalue weighted by Crippen LogP contribution is 2.47. The minimum atomic E-state index is -1.16. The average Bonchev–Trinajstić information content (AvgIpc) is 2.71. The number of aliphatic hydroxyl groups is 2. The van der Waals surface area contributed by atoms with E-state index in [2.05, 4.69) is 0 Å². The third kappa shape index (κ3) is 5.97. The first-order valence-corrected chi connectivity index (χ1v) is 12.9. The van der Waals surface area contributed by atoms with Crippen molar-refractivity contribution in [1.82, 2.24) is 4.98 Å². The summed E-state index contributed by atoms with van der Waals surface area (Å²) in [5.74, 6) is -0.946. The number of benzene rings is 1. The molecule has 194 valence electrons. The van der Waals surface area contributed by atoms with Gasteiger partial charge in [-0.2, -0.15) is 0 Å². The van der Waals surface area contributed by atoms with Gasteiger partial charge in [-0.3, -0.25) is 9.78 Å². The van der Waals surface area contributed by atoms with E-state index in [1.54, 1.807) is 25.3 Å². The van der Waals surface area contributed by atoms with Crippen molar-refractivity contribution in [1.29, 1.82) is 0 Å². The number of methoxy groups -OCH3 is 1. The van der Waals surface area contributed by atoms with E-state index < -0.39 is 30.4 Å². The highest BCUT2D eigenvalue weighted by Gasteiger charge is 2.32. The third-order valence-electron chi connectivity index (χ3n) is 7.28. The monoisotopic (exact) mass is 517 g/mol. The van der Waals surface area contributed by atoms with Gasteiger partial charge < -0.3 is 20.1 Å². The van der Waals surface area contributed by atoms with Gasteiger partial charge in [0.05, 0.1) is 36.0 Å². The van der Waals surface area contributed by atoms with Gasteiger partial charge in [-0.25, -0.2) is 4.39 Å². The van der Waals surface area contributed by atoms with Crippen molar-refractivity contribution in [3.8, 4) is 11.1 Å². The maximum absolute atomic E-state index is 14.0. The number of hydrogen-bond donors (Lipinski definition) is 3. The second-order valence-electron chi connectivity index (χ2n) is 9.88. The second kappa shape index (κ2) is 11.8. The Morgan fingerprint density at radius 3 is 2.42 bits per heavy atom. The van der Waals surface area contributed by atoms with Crippen LogP contribution in [0.2, 0.25) is 5.02 Å². The maximum atomic E-state index is 14.0. The Labute approximate surface area is 215 Å². The minimum Gasteiger partial charge on any atom is -0.481 e. The number of nitrogens with zero attached hydrogens (tertiary/aromatic N) is 1. The third-order valence-corrected chi connectivity index (χ3v) is 7.59. The summed E-state index contributed by atoms with van der Waals surface area (Å²) in [6.45, 7) is 0.313. The van der Waals surface area contributed by atoms with Crippen molar-refractivity contribution >= 4 is 23.6 Å². The first-order chi connectivity index (χ1) is 17.3. The van der Waals surface area contributed by atoms with Crippen molar-refractivity contribution < 1.29 is 29.2 Å². The summed E-state index contributed by atoms with van der Waals surface area (Å²) < 4.78 is 19.6. The highest BCUT2D eigenvalue weighted by molar-refractivity contribution is 6.33. The second-order valence-corrected chi connectivity index (χ2v) is 10.3. The van der Waals surface area contributed by atoms with Crippen LogP contribution < -0.4 is 0 Å². The first kappa shape index (κ1) is 26.7. The molecule has 2 atom stereocenters. The predicted molar refractivity (Wildman–Crippen MR) is 136 cm³/mol. The zero-order valence-corrected chi connectivity index (χ0v) is 21.2. The first-order valence-electron chi connectivity index (χ1n) is 12.6. The number of ether oxygens (including phenoxy) is 1. The number of carboxylic acids is 1. The molecule has 0 aliphatic heterocycles. The summed E-state index contributed by atoms with van der Waals surface area (Å²) in [4.78, 5) is 16.1. The largest absolute Gasteiger partial charge is 0.481 e. The standard InChI is InChI=1S/C28H33ClFNO5/c1-36-15-23-26(21-10-8-18(30)12-24(21)29)22(11-9-19(32)13-20(33)14-25(34)35)27(16-4-2-5-16)31-28(23)17-6-3-7-17/h8-12,16-17,19-20,32-33H,2-7,13-15H2,1H3,(H,34,35)/b11-9+/t19-,20-/m1/s1. The van der Waals surface area contributed by atoms with Gasteiger partial charge in [-0.05, 0) is 49.4 Å². The molecule has 1 heterocycles. The van der Waals surface area contributed by atoms with Crippen molar-refractivity contribution in [2.75, 3.05) is 7.11 Å². The molecule has 2 saturated carbocycles. The van der Waals surface area contributed by atoms with E-state index in [9.17, 15) is 19.4 Å². The molecule has 0 amide bonds. The Morgan fingerprint density at radius 2 is 1.86 bits per heavy atom. The quantitative estimate of drug-likeness (QED) is 0.347. The van der Waals surface area contributed by atoms with Gasteiger partial charge in [0.2, 0.25) is 0 Å². The van der Waals surface area contributed by atoms with Gasteiger partial charge in [0.1, 0.15) is 5.82 Å². The average molecular weight is 518 g/mol. The lowest BCUT2D eigenvalue weighted by atomic mass is 9.75.